The van der Waals surface area contributed by atoms with E-state index in [0.717, 1.165) is 12.8 Å². The summed E-state index contributed by atoms with van der Waals surface area (Å²) in [7, 11) is 0. The zero-order chi connectivity index (χ0) is 13.3. The van der Waals surface area contributed by atoms with Crippen molar-refractivity contribution in [3.63, 3.8) is 0 Å². The van der Waals surface area contributed by atoms with Gasteiger partial charge in [0.05, 0.1) is 6.61 Å². The van der Waals surface area contributed by atoms with Gasteiger partial charge in [-0.1, -0.05) is 13.3 Å². The third-order valence-electron chi connectivity index (χ3n) is 1.95. The van der Waals surface area contributed by atoms with Crippen molar-refractivity contribution in [2.24, 2.45) is 0 Å². The van der Waals surface area contributed by atoms with Gasteiger partial charge in [0.15, 0.2) is 11.6 Å². The Hall–Kier alpha value is -1.71. The summed E-state index contributed by atoms with van der Waals surface area (Å²) in [5.74, 6) is -0.361. The molecule has 0 heterocycles. The molecule has 0 unspecified atom stereocenters. The Balaban J connectivity index is 0.000000304. The molecule has 1 aliphatic rings. The second-order valence-corrected chi connectivity index (χ2v) is 3.62. The lowest BCUT2D eigenvalue weighted by molar-refractivity contribution is -0.141. The summed E-state index contributed by atoms with van der Waals surface area (Å²) in [4.78, 5) is 31.2. The summed E-state index contributed by atoms with van der Waals surface area (Å²) in [5.41, 5.74) is 0.516. The number of carbonyl (C=O) groups excluding carboxylic acids is 3. The van der Waals surface area contributed by atoms with Crippen LogP contribution in [-0.2, 0) is 19.1 Å². The third kappa shape index (κ3) is 8.13. The van der Waals surface area contributed by atoms with Crippen molar-refractivity contribution in [2.75, 3.05) is 6.61 Å². The molecular formula is C13H18O4. The van der Waals surface area contributed by atoms with Crippen molar-refractivity contribution in [3.05, 3.63) is 23.8 Å². The summed E-state index contributed by atoms with van der Waals surface area (Å²) >= 11 is 0. The summed E-state index contributed by atoms with van der Waals surface area (Å²) < 4.78 is 4.64. The molecule has 0 saturated carbocycles. The van der Waals surface area contributed by atoms with Gasteiger partial charge in [0.25, 0.3) is 0 Å². The van der Waals surface area contributed by atoms with Crippen LogP contribution in [0.3, 0.4) is 0 Å². The van der Waals surface area contributed by atoms with Crippen LogP contribution in [0.15, 0.2) is 23.8 Å². The Bertz CT molecular complexity index is 350. The minimum absolute atomic E-state index is 0.0744. The molecule has 0 amide bonds. The van der Waals surface area contributed by atoms with Crippen LogP contribution >= 0.6 is 0 Å². The highest BCUT2D eigenvalue weighted by Gasteiger charge is 2.06. The van der Waals surface area contributed by atoms with Crippen LogP contribution in [0.1, 0.15) is 33.6 Å². The molecule has 17 heavy (non-hydrogen) atoms. The van der Waals surface area contributed by atoms with Crippen molar-refractivity contribution in [3.8, 4) is 0 Å². The second-order valence-electron chi connectivity index (χ2n) is 3.62. The number of ketones is 2. The van der Waals surface area contributed by atoms with E-state index in [1.807, 2.05) is 0 Å². The molecule has 0 aromatic heterocycles. The lowest BCUT2D eigenvalue weighted by Crippen LogP contribution is -2.03. The number of unbranched alkanes of at least 4 members (excludes halogenated alkanes) is 1. The maximum Gasteiger partial charge on any atom is 0.302 e. The first-order chi connectivity index (χ1) is 7.97. The van der Waals surface area contributed by atoms with Gasteiger partial charge in [0.1, 0.15) is 0 Å². The lowest BCUT2D eigenvalue weighted by Gasteiger charge is -1.96. The standard InChI is InChI=1S/C7H6O2.C6H12O2/c1-5-4-6(8)2-3-7(5)9;1-3-4-5-8-6(2)7/h2-4H,1H3;3-5H2,1-2H3. The predicted molar refractivity (Wildman–Crippen MR) is 64.5 cm³/mol. The minimum atomic E-state index is -0.182. The van der Waals surface area contributed by atoms with Gasteiger partial charge in [-0.05, 0) is 31.6 Å². The second kappa shape index (κ2) is 8.44. The maximum absolute atomic E-state index is 10.6. The molecule has 94 valence electrons. The Morgan fingerprint density at radius 2 is 1.94 bits per heavy atom. The van der Waals surface area contributed by atoms with Crippen LogP contribution in [0, 0.1) is 0 Å². The Morgan fingerprint density at radius 1 is 1.29 bits per heavy atom. The van der Waals surface area contributed by atoms with Crippen LogP contribution in [0.4, 0.5) is 0 Å². The van der Waals surface area contributed by atoms with Crippen molar-refractivity contribution in [1.29, 1.82) is 0 Å². The first-order valence-electron chi connectivity index (χ1n) is 5.55. The minimum Gasteiger partial charge on any atom is -0.466 e. The van der Waals surface area contributed by atoms with Crippen LogP contribution in [-0.4, -0.2) is 24.1 Å². The maximum atomic E-state index is 10.6. The van der Waals surface area contributed by atoms with E-state index in [1.54, 1.807) is 6.92 Å². The van der Waals surface area contributed by atoms with Gasteiger partial charge in [0.2, 0.25) is 0 Å². The molecule has 4 heteroatoms. The Morgan fingerprint density at radius 3 is 2.35 bits per heavy atom. The molecule has 0 fully saturated rings. The topological polar surface area (TPSA) is 60.4 Å². The zero-order valence-corrected chi connectivity index (χ0v) is 10.5. The van der Waals surface area contributed by atoms with E-state index in [9.17, 15) is 14.4 Å². The summed E-state index contributed by atoms with van der Waals surface area (Å²) in [6.45, 7) is 5.69. The van der Waals surface area contributed by atoms with Gasteiger partial charge in [-0.2, -0.15) is 0 Å². The summed E-state index contributed by atoms with van der Waals surface area (Å²) in [6.07, 6.45) is 5.95. The quantitative estimate of drug-likeness (QED) is 0.428. The molecule has 0 N–H and O–H groups in total. The highest BCUT2D eigenvalue weighted by molar-refractivity contribution is 6.16. The number of hydrogen-bond donors (Lipinski definition) is 0. The average molecular weight is 238 g/mol. The van der Waals surface area contributed by atoms with Gasteiger partial charge in [-0.3, -0.25) is 14.4 Å². The van der Waals surface area contributed by atoms with Crippen LogP contribution in [0.2, 0.25) is 0 Å². The first-order valence-corrected chi connectivity index (χ1v) is 5.55. The molecule has 0 spiro atoms. The molecule has 4 nitrogen and oxygen atoms in total. The Labute approximate surface area is 101 Å². The summed E-state index contributed by atoms with van der Waals surface area (Å²) in [6, 6.07) is 0. The van der Waals surface area contributed by atoms with Crippen LogP contribution in [0.25, 0.3) is 0 Å². The van der Waals surface area contributed by atoms with E-state index < -0.39 is 0 Å². The van der Waals surface area contributed by atoms with Crippen LogP contribution < -0.4 is 0 Å². The fourth-order valence-electron chi connectivity index (χ4n) is 0.982. The van der Waals surface area contributed by atoms with Crippen molar-refractivity contribution < 1.29 is 19.1 Å². The van der Waals surface area contributed by atoms with Gasteiger partial charge < -0.3 is 4.74 Å². The molecule has 0 saturated heterocycles. The van der Waals surface area contributed by atoms with E-state index >= 15 is 0 Å². The molecule has 0 atom stereocenters. The molecule has 1 rings (SSSR count). The van der Waals surface area contributed by atoms with E-state index in [-0.39, 0.29) is 17.5 Å². The molecule has 0 aliphatic heterocycles. The van der Waals surface area contributed by atoms with Gasteiger partial charge in [-0.15, -0.1) is 0 Å². The van der Waals surface area contributed by atoms with Crippen molar-refractivity contribution >= 4 is 17.5 Å². The van der Waals surface area contributed by atoms with E-state index in [2.05, 4.69) is 11.7 Å². The fraction of sp³-hybridized carbons (Fsp3) is 0.462. The van der Waals surface area contributed by atoms with E-state index in [4.69, 9.17) is 0 Å². The number of rotatable bonds is 3. The van der Waals surface area contributed by atoms with E-state index in [1.165, 1.54) is 25.2 Å². The number of ether oxygens (including phenoxy) is 1. The van der Waals surface area contributed by atoms with Crippen LogP contribution in [0.5, 0.6) is 0 Å². The predicted octanol–water partition coefficient (Wildman–Crippen LogP) is 1.99. The highest BCUT2D eigenvalue weighted by atomic mass is 16.5. The number of hydrogen-bond acceptors (Lipinski definition) is 4. The summed E-state index contributed by atoms with van der Waals surface area (Å²) in [5, 5.41) is 0. The molecule has 0 bridgehead atoms. The zero-order valence-electron chi connectivity index (χ0n) is 10.5. The smallest absolute Gasteiger partial charge is 0.302 e. The Kier molecular flexibility index (Phi) is 7.59. The fourth-order valence-corrected chi connectivity index (χ4v) is 0.982. The number of allylic oxidation sites excluding steroid dienone is 4. The molecule has 0 radical (unpaired) electrons. The van der Waals surface area contributed by atoms with Gasteiger partial charge in [0, 0.05) is 12.5 Å². The first kappa shape index (κ1) is 15.3. The third-order valence-corrected chi connectivity index (χ3v) is 1.95. The highest BCUT2D eigenvalue weighted by Crippen LogP contribution is 2.02. The molecular weight excluding hydrogens is 220 g/mol. The molecule has 1 aliphatic carbocycles. The van der Waals surface area contributed by atoms with E-state index in [0.29, 0.717) is 12.2 Å². The SMILES string of the molecule is CC1=CC(=O)C=CC1=O.CCCCOC(C)=O. The van der Waals surface area contributed by atoms with Gasteiger partial charge in [-0.25, -0.2) is 0 Å². The molecule has 0 aromatic rings. The largest absolute Gasteiger partial charge is 0.466 e. The normalized spacial score (nSPS) is 13.7. The monoisotopic (exact) mass is 238 g/mol. The van der Waals surface area contributed by atoms with Crippen molar-refractivity contribution in [2.45, 2.75) is 33.6 Å². The van der Waals surface area contributed by atoms with Crippen molar-refractivity contribution in [1.82, 2.24) is 0 Å². The number of carbonyl (C=O) groups is 3. The average Bonchev–Trinajstić information content (AvgIpc) is 2.25. The lowest BCUT2D eigenvalue weighted by atomic mass is 10.1. The van der Waals surface area contributed by atoms with Gasteiger partial charge >= 0.3 is 5.97 Å². The number of esters is 1. The molecule has 0 aromatic carbocycles.